The third-order valence-corrected chi connectivity index (χ3v) is 4.21. The number of aromatic nitrogens is 1. The first-order valence-electron chi connectivity index (χ1n) is 8.75. The lowest BCUT2D eigenvalue weighted by atomic mass is 10.0. The summed E-state index contributed by atoms with van der Waals surface area (Å²) in [7, 11) is 1.81. The molecule has 0 saturated carbocycles. The number of nitrogens with one attached hydrogen (secondary N) is 1. The molecule has 3 rings (SSSR count). The fraction of sp³-hybridized carbons (Fsp3) is 0.182. The number of hydrogen-bond donors (Lipinski definition) is 1. The first-order chi connectivity index (χ1) is 12.7. The molecule has 0 fully saturated rings. The Morgan fingerprint density at radius 3 is 2.31 bits per heavy atom. The summed E-state index contributed by atoms with van der Waals surface area (Å²) < 4.78 is 0. The summed E-state index contributed by atoms with van der Waals surface area (Å²) >= 11 is 0. The zero-order valence-electron chi connectivity index (χ0n) is 14.9. The van der Waals surface area contributed by atoms with Gasteiger partial charge in [-0.25, -0.2) is 4.79 Å². The number of rotatable bonds is 6. The standard InChI is InChI=1S/C22H23N3O/c1-25(22(26)24-16-14-21-9-5-6-15-23-21)17-18-10-12-20(13-11-18)19-7-3-2-4-8-19/h2-13,15H,14,16-17H2,1H3,(H,24,26). The quantitative estimate of drug-likeness (QED) is 0.730. The molecule has 4 heteroatoms. The second-order valence-electron chi connectivity index (χ2n) is 6.22. The molecule has 0 aliphatic heterocycles. The number of amides is 2. The van der Waals surface area contributed by atoms with Crippen molar-refractivity contribution in [3.8, 4) is 11.1 Å². The van der Waals surface area contributed by atoms with Crippen LogP contribution in [0.15, 0.2) is 79.0 Å². The fourth-order valence-corrected chi connectivity index (χ4v) is 2.76. The van der Waals surface area contributed by atoms with Crippen LogP contribution in [0, 0.1) is 0 Å². The van der Waals surface area contributed by atoms with Crippen molar-refractivity contribution in [3.63, 3.8) is 0 Å². The Hall–Kier alpha value is -3.14. The minimum absolute atomic E-state index is 0.0759. The first kappa shape index (κ1) is 17.7. The van der Waals surface area contributed by atoms with E-state index >= 15 is 0 Å². The molecule has 0 atom stereocenters. The molecular formula is C22H23N3O. The van der Waals surface area contributed by atoms with Crippen LogP contribution in [0.2, 0.25) is 0 Å². The number of pyridine rings is 1. The maximum absolute atomic E-state index is 12.2. The molecule has 1 aromatic heterocycles. The zero-order chi connectivity index (χ0) is 18.2. The highest BCUT2D eigenvalue weighted by molar-refractivity contribution is 5.73. The predicted molar refractivity (Wildman–Crippen MR) is 105 cm³/mol. The third-order valence-electron chi connectivity index (χ3n) is 4.21. The SMILES string of the molecule is CN(Cc1ccc(-c2ccccc2)cc1)C(=O)NCCc1ccccn1. The minimum Gasteiger partial charge on any atom is -0.338 e. The summed E-state index contributed by atoms with van der Waals surface area (Å²) in [6.07, 6.45) is 2.49. The molecule has 4 nitrogen and oxygen atoms in total. The van der Waals surface area contributed by atoms with E-state index in [0.717, 1.165) is 17.7 Å². The van der Waals surface area contributed by atoms with Gasteiger partial charge in [0.15, 0.2) is 0 Å². The van der Waals surface area contributed by atoms with E-state index in [-0.39, 0.29) is 6.03 Å². The topological polar surface area (TPSA) is 45.2 Å². The van der Waals surface area contributed by atoms with Gasteiger partial charge >= 0.3 is 6.03 Å². The fourth-order valence-electron chi connectivity index (χ4n) is 2.76. The third kappa shape index (κ3) is 4.93. The van der Waals surface area contributed by atoms with Crippen molar-refractivity contribution in [1.29, 1.82) is 0 Å². The lowest BCUT2D eigenvalue weighted by Crippen LogP contribution is -2.37. The Balaban J connectivity index is 1.49. The zero-order valence-corrected chi connectivity index (χ0v) is 14.9. The van der Waals surface area contributed by atoms with E-state index in [2.05, 4.69) is 46.7 Å². The van der Waals surface area contributed by atoms with E-state index in [9.17, 15) is 4.79 Å². The van der Waals surface area contributed by atoms with E-state index in [0.29, 0.717) is 13.1 Å². The van der Waals surface area contributed by atoms with Crippen molar-refractivity contribution in [1.82, 2.24) is 15.2 Å². The van der Waals surface area contributed by atoms with E-state index < -0.39 is 0 Å². The van der Waals surface area contributed by atoms with Crippen molar-refractivity contribution in [2.24, 2.45) is 0 Å². The average molecular weight is 345 g/mol. The molecule has 1 heterocycles. The van der Waals surface area contributed by atoms with Gasteiger partial charge in [0.1, 0.15) is 0 Å². The van der Waals surface area contributed by atoms with Crippen molar-refractivity contribution in [2.75, 3.05) is 13.6 Å². The minimum atomic E-state index is -0.0759. The van der Waals surface area contributed by atoms with Gasteiger partial charge in [0, 0.05) is 38.4 Å². The van der Waals surface area contributed by atoms with Crippen LogP contribution in [-0.2, 0) is 13.0 Å². The van der Waals surface area contributed by atoms with Gasteiger partial charge in [-0.2, -0.15) is 0 Å². The number of benzene rings is 2. The molecule has 0 spiro atoms. The molecular weight excluding hydrogens is 322 g/mol. The molecule has 0 aliphatic rings. The molecule has 0 aliphatic carbocycles. The molecule has 26 heavy (non-hydrogen) atoms. The van der Waals surface area contributed by atoms with Gasteiger partial charge in [-0.1, -0.05) is 60.7 Å². The monoisotopic (exact) mass is 345 g/mol. The van der Waals surface area contributed by atoms with Crippen LogP contribution in [0.5, 0.6) is 0 Å². The lowest BCUT2D eigenvalue weighted by Gasteiger charge is -2.18. The lowest BCUT2D eigenvalue weighted by molar-refractivity contribution is 0.207. The van der Waals surface area contributed by atoms with Crippen molar-refractivity contribution in [2.45, 2.75) is 13.0 Å². The molecule has 0 radical (unpaired) electrons. The smallest absolute Gasteiger partial charge is 0.317 e. The first-order valence-corrected chi connectivity index (χ1v) is 8.75. The van der Waals surface area contributed by atoms with E-state index in [1.54, 1.807) is 18.1 Å². The molecule has 1 N–H and O–H groups in total. The van der Waals surface area contributed by atoms with Crippen LogP contribution in [0.4, 0.5) is 4.79 Å². The molecule has 0 unspecified atom stereocenters. The average Bonchev–Trinajstić information content (AvgIpc) is 2.70. The van der Waals surface area contributed by atoms with Crippen LogP contribution < -0.4 is 5.32 Å². The molecule has 0 saturated heterocycles. The summed E-state index contributed by atoms with van der Waals surface area (Å²) in [4.78, 5) is 18.2. The van der Waals surface area contributed by atoms with E-state index in [1.165, 1.54) is 11.1 Å². The maximum atomic E-state index is 12.2. The maximum Gasteiger partial charge on any atom is 0.317 e. The van der Waals surface area contributed by atoms with Crippen LogP contribution in [0.25, 0.3) is 11.1 Å². The van der Waals surface area contributed by atoms with Gasteiger partial charge in [0.2, 0.25) is 0 Å². The van der Waals surface area contributed by atoms with Gasteiger partial charge in [-0.3, -0.25) is 4.98 Å². The molecule has 3 aromatic rings. The van der Waals surface area contributed by atoms with Crippen LogP contribution >= 0.6 is 0 Å². The normalized spacial score (nSPS) is 10.3. The molecule has 132 valence electrons. The summed E-state index contributed by atoms with van der Waals surface area (Å²) in [5.41, 5.74) is 4.45. The second-order valence-corrected chi connectivity index (χ2v) is 6.22. The molecule has 0 bridgehead atoms. The number of hydrogen-bond acceptors (Lipinski definition) is 2. The summed E-state index contributed by atoms with van der Waals surface area (Å²) in [6.45, 7) is 1.15. The Labute approximate surface area is 154 Å². The van der Waals surface area contributed by atoms with Gasteiger partial charge in [0.25, 0.3) is 0 Å². The second kappa shape index (κ2) is 8.81. The van der Waals surface area contributed by atoms with Gasteiger partial charge < -0.3 is 10.2 Å². The van der Waals surface area contributed by atoms with Crippen molar-refractivity contribution in [3.05, 3.63) is 90.3 Å². The van der Waals surface area contributed by atoms with Crippen molar-refractivity contribution >= 4 is 6.03 Å². The number of nitrogens with zero attached hydrogens (tertiary/aromatic N) is 2. The Kier molecular flexibility index (Phi) is 5.99. The largest absolute Gasteiger partial charge is 0.338 e. The molecule has 2 amide bonds. The highest BCUT2D eigenvalue weighted by Crippen LogP contribution is 2.19. The summed E-state index contributed by atoms with van der Waals surface area (Å²) in [5.74, 6) is 0. The van der Waals surface area contributed by atoms with Gasteiger partial charge in [0.05, 0.1) is 0 Å². The predicted octanol–water partition coefficient (Wildman–Crippen LogP) is 4.13. The van der Waals surface area contributed by atoms with Crippen molar-refractivity contribution < 1.29 is 4.79 Å². The van der Waals surface area contributed by atoms with E-state index in [4.69, 9.17) is 0 Å². The van der Waals surface area contributed by atoms with Gasteiger partial charge in [-0.05, 0) is 28.8 Å². The highest BCUT2D eigenvalue weighted by Gasteiger charge is 2.08. The summed E-state index contributed by atoms with van der Waals surface area (Å²) in [5, 5.41) is 2.94. The van der Waals surface area contributed by atoms with E-state index in [1.807, 2.05) is 36.4 Å². The van der Waals surface area contributed by atoms with Crippen LogP contribution in [-0.4, -0.2) is 29.5 Å². The van der Waals surface area contributed by atoms with Crippen LogP contribution in [0.1, 0.15) is 11.3 Å². The molecule has 2 aromatic carbocycles. The van der Waals surface area contributed by atoms with Gasteiger partial charge in [-0.15, -0.1) is 0 Å². The summed E-state index contributed by atoms with van der Waals surface area (Å²) in [6, 6.07) is 24.3. The Bertz CT molecular complexity index is 817. The Morgan fingerprint density at radius 1 is 0.923 bits per heavy atom. The highest BCUT2D eigenvalue weighted by atomic mass is 16.2. The number of urea groups is 1. The number of carbonyl (C=O) groups excluding carboxylic acids is 1. The van der Waals surface area contributed by atoms with Crippen LogP contribution in [0.3, 0.4) is 0 Å². The Morgan fingerprint density at radius 2 is 1.62 bits per heavy atom. The number of carbonyl (C=O) groups is 1.